The smallest absolute Gasteiger partial charge is 0.306 e. The molecule has 0 atom stereocenters. The van der Waals surface area contributed by atoms with Gasteiger partial charge in [-0.2, -0.15) is 4.98 Å². The lowest BCUT2D eigenvalue weighted by molar-refractivity contribution is 0.519. The highest BCUT2D eigenvalue weighted by Crippen LogP contribution is 2.29. The summed E-state index contributed by atoms with van der Waals surface area (Å²) in [7, 11) is 2.50. The van der Waals surface area contributed by atoms with Gasteiger partial charge in [0.15, 0.2) is 30.5 Å². The maximum Gasteiger partial charge on any atom is 0.306 e. The monoisotopic (exact) mass is 816 g/mol. The molecule has 11 heteroatoms. The number of hydrogen-bond donors (Lipinski definition) is 0. The van der Waals surface area contributed by atoms with Crippen molar-refractivity contribution in [3.8, 4) is 28.8 Å². The van der Waals surface area contributed by atoms with Gasteiger partial charge in [0.05, 0.1) is 5.35 Å². The molecular formula is C50H51B3N6OS. The zero-order chi connectivity index (χ0) is 43.5. The summed E-state index contributed by atoms with van der Waals surface area (Å²) >= 11 is 1.57. The second-order valence-electron chi connectivity index (χ2n) is 14.3. The quantitative estimate of drug-likeness (QED) is 0.0716. The molecule has 0 bridgehead atoms. The second-order valence-corrected chi connectivity index (χ2v) is 15.3. The Labute approximate surface area is 366 Å². The Morgan fingerprint density at radius 1 is 0.820 bits per heavy atom. The van der Waals surface area contributed by atoms with Crippen LogP contribution in [0.3, 0.4) is 0 Å². The molecule has 0 saturated heterocycles. The number of thiazole rings is 1. The fourth-order valence-corrected chi connectivity index (χ4v) is 7.90. The highest BCUT2D eigenvalue weighted by atomic mass is 32.1. The van der Waals surface area contributed by atoms with E-state index < -0.39 is 0 Å². The van der Waals surface area contributed by atoms with Crippen LogP contribution in [-0.4, -0.2) is 51.3 Å². The summed E-state index contributed by atoms with van der Waals surface area (Å²) in [6.45, 7) is 27.3. The Balaban J connectivity index is 1.41. The first-order valence-corrected chi connectivity index (χ1v) is 21.6. The van der Waals surface area contributed by atoms with Crippen LogP contribution in [-0.2, 0) is 0 Å². The van der Waals surface area contributed by atoms with Crippen molar-refractivity contribution < 1.29 is 4.42 Å². The molecular weight excluding hydrogens is 765 g/mol. The molecule has 4 heterocycles. The van der Waals surface area contributed by atoms with E-state index in [0.29, 0.717) is 29.2 Å². The maximum absolute atomic E-state index is 6.29. The average Bonchev–Trinajstić information content (AvgIpc) is 3.95. The van der Waals surface area contributed by atoms with Gasteiger partial charge in [-0.05, 0) is 86.0 Å². The molecule has 0 amide bonds. The van der Waals surface area contributed by atoms with Crippen molar-refractivity contribution in [1.82, 2.24) is 29.5 Å². The van der Waals surface area contributed by atoms with Gasteiger partial charge in [-0.15, -0.1) is 23.3 Å². The average molecular weight is 817 g/mol. The molecule has 302 valence electrons. The molecule has 0 aliphatic heterocycles. The van der Waals surface area contributed by atoms with Gasteiger partial charge in [0.25, 0.3) is 0 Å². The topological polar surface area (TPSA) is 82.5 Å². The molecule has 0 spiro atoms. The van der Waals surface area contributed by atoms with Crippen molar-refractivity contribution in [2.75, 3.05) is 0 Å². The summed E-state index contributed by atoms with van der Waals surface area (Å²) in [5.74, 6) is 6.82. The van der Waals surface area contributed by atoms with E-state index in [9.17, 15) is 0 Å². The summed E-state index contributed by atoms with van der Waals surface area (Å²) in [5.41, 5.74) is 10.9. The number of hydrogen-bond acceptors (Lipinski definition) is 7. The normalized spacial score (nSPS) is 13.1. The van der Waals surface area contributed by atoms with Crippen LogP contribution in [0.25, 0.3) is 76.9 Å². The maximum atomic E-state index is 6.29. The third-order valence-corrected chi connectivity index (χ3v) is 11.1. The highest BCUT2D eigenvalue weighted by Gasteiger charge is 2.22. The minimum absolute atomic E-state index is 0.522. The number of oxazole rings is 1. The van der Waals surface area contributed by atoms with E-state index in [1.54, 1.807) is 17.4 Å². The largest absolute Gasteiger partial charge is 0.423 e. The molecule has 6 aromatic rings. The lowest BCUT2D eigenvalue weighted by Crippen LogP contribution is -2.24. The van der Waals surface area contributed by atoms with Crippen molar-refractivity contribution in [1.29, 1.82) is 0 Å². The first-order valence-electron chi connectivity index (χ1n) is 20.8. The molecule has 2 aromatic carbocycles. The Hall–Kier alpha value is -6.58. The van der Waals surface area contributed by atoms with Crippen LogP contribution in [0.2, 0.25) is 20.5 Å². The number of benzene rings is 2. The third-order valence-electron chi connectivity index (χ3n) is 10.1. The molecule has 4 aromatic heterocycles. The first-order chi connectivity index (χ1) is 29.7. The molecule has 0 fully saturated rings. The zero-order valence-electron chi connectivity index (χ0n) is 36.4. The summed E-state index contributed by atoms with van der Waals surface area (Å²) in [6, 6.07) is 20.5. The van der Waals surface area contributed by atoms with E-state index >= 15 is 0 Å². The first kappa shape index (κ1) is 44.0. The highest BCUT2D eigenvalue weighted by molar-refractivity contribution is 7.10. The van der Waals surface area contributed by atoms with E-state index in [1.807, 2.05) is 105 Å². The van der Waals surface area contributed by atoms with Gasteiger partial charge in [-0.3, -0.25) is 4.57 Å². The molecule has 0 radical (unpaired) electrons. The number of rotatable bonds is 16. The Bertz CT molecular complexity index is 2800. The van der Waals surface area contributed by atoms with Crippen molar-refractivity contribution in [3.63, 3.8) is 0 Å². The lowest BCUT2D eigenvalue weighted by atomic mass is 9.74. The van der Waals surface area contributed by atoms with E-state index in [0.717, 1.165) is 98.3 Å². The lowest BCUT2D eigenvalue weighted by Gasteiger charge is -2.08. The van der Waals surface area contributed by atoms with Gasteiger partial charge in [-0.25, -0.2) is 19.9 Å². The van der Waals surface area contributed by atoms with Crippen LogP contribution in [0.4, 0.5) is 0 Å². The van der Waals surface area contributed by atoms with Gasteiger partial charge in [-0.1, -0.05) is 125 Å². The van der Waals surface area contributed by atoms with Crippen LogP contribution < -0.4 is 15.5 Å². The molecule has 0 N–H and O–H groups in total. The van der Waals surface area contributed by atoms with E-state index in [-0.39, 0.29) is 0 Å². The van der Waals surface area contributed by atoms with E-state index in [4.69, 9.17) is 29.3 Å². The fraction of sp³-hybridized carbons (Fsp3) is 0.140. The van der Waals surface area contributed by atoms with Crippen LogP contribution in [0.5, 0.6) is 0 Å². The Morgan fingerprint density at radius 2 is 1.49 bits per heavy atom. The number of aromatic nitrogens is 6. The van der Waals surface area contributed by atoms with E-state index in [1.165, 1.54) is 0 Å². The van der Waals surface area contributed by atoms with E-state index in [2.05, 4.69) is 88.8 Å². The Kier molecular flexibility index (Phi) is 14.9. The van der Waals surface area contributed by atoms with Crippen LogP contribution in [0.15, 0.2) is 126 Å². The third kappa shape index (κ3) is 9.91. The molecule has 0 saturated carbocycles. The molecule has 0 unspecified atom stereocenters. The molecule has 6 rings (SSSR count). The van der Waals surface area contributed by atoms with Crippen LogP contribution in [0, 0.1) is 6.92 Å². The minimum atomic E-state index is 0.522. The standard InChI is InChI=1S/C50H51B3N6OS/c1-11-21-42-44(14-4)60-50(55-42)59-33(6)40(26-27-51-8)41(45(59)53-10)29-35(12-2)32(5)28-39(31-52-9)49-54-43(34(7)61-49)30-36(13-3)46-56-47(37-22-17-15-18-23-37)58-48(57-46)38-24-19-16-20-25-38/h11-31,51-53H,2,4,7H2,1,3,5-6,8-10H3/b21-11-,27-26-,32-28+,35-29+,36-13+,39-31+,43-30+. The molecule has 0 aliphatic rings. The summed E-state index contributed by atoms with van der Waals surface area (Å²) < 4.78 is 9.28. The van der Waals surface area contributed by atoms with Crippen molar-refractivity contribution >= 4 is 86.9 Å². The second kappa shape index (κ2) is 20.6. The van der Waals surface area contributed by atoms with Gasteiger partial charge in [0.2, 0.25) is 0 Å². The number of allylic oxidation sites excluding steroid dienone is 8. The molecule has 61 heavy (non-hydrogen) atoms. The molecule has 0 aliphatic carbocycles. The van der Waals surface area contributed by atoms with Gasteiger partial charge >= 0.3 is 6.01 Å². The zero-order valence-corrected chi connectivity index (χ0v) is 37.2. The SMILES string of the molecule is C=CC(=C\c1c(/C=C\BC)c(C)n(-c2nc(/C=C\C)c(C=C)o2)c1BC)/C(C)=C/C(=C\BC)c1n/c(=C/C(=C\C)c2nc(-c3ccccc3)nc(-c3ccccc3)n2)c(=C)s1. The van der Waals surface area contributed by atoms with Gasteiger partial charge < -0.3 is 4.42 Å². The predicted octanol–water partition coefficient (Wildman–Crippen LogP) is 9.33. The van der Waals surface area contributed by atoms with Crippen LogP contribution >= 0.6 is 11.3 Å². The summed E-state index contributed by atoms with van der Waals surface area (Å²) in [4.78, 5) is 24.8. The van der Waals surface area contributed by atoms with Crippen molar-refractivity contribution in [3.05, 3.63) is 170 Å². The van der Waals surface area contributed by atoms with Crippen molar-refractivity contribution in [2.45, 2.75) is 48.2 Å². The van der Waals surface area contributed by atoms with Gasteiger partial charge in [0.1, 0.15) is 25.3 Å². The number of nitrogens with zero attached hydrogens (tertiary/aromatic N) is 6. The predicted molar refractivity (Wildman–Crippen MR) is 269 cm³/mol. The fourth-order valence-electron chi connectivity index (χ4n) is 7.05. The Morgan fingerprint density at radius 3 is 2.05 bits per heavy atom. The molecule has 7 nitrogen and oxygen atoms in total. The van der Waals surface area contributed by atoms with Crippen molar-refractivity contribution in [2.24, 2.45) is 0 Å². The minimum Gasteiger partial charge on any atom is -0.423 e. The summed E-state index contributed by atoms with van der Waals surface area (Å²) in [5, 5.41) is 1.65. The van der Waals surface area contributed by atoms with Crippen LogP contribution in [0.1, 0.15) is 59.9 Å². The summed E-state index contributed by atoms with van der Waals surface area (Å²) in [6.07, 6.45) is 18.2. The van der Waals surface area contributed by atoms with Gasteiger partial charge in [0, 0.05) is 32.5 Å².